The summed E-state index contributed by atoms with van der Waals surface area (Å²) in [6.07, 6.45) is 0. The minimum absolute atomic E-state index is 0.268. The number of benzene rings is 4. The van der Waals surface area contributed by atoms with Crippen molar-refractivity contribution in [2.45, 2.75) is 26.7 Å². The summed E-state index contributed by atoms with van der Waals surface area (Å²) >= 11 is 6.54. The standard InChI is InChI=1S/C31H27ClN2O4/c1-20-24(6-3-7-26(20)23-8-9-28-31(14-23)36-11-10-35-28)19-38-30-15-29(25(17-34)13-27(30)32)37-18-22-5-2-4-21(12-22)16-33/h2-9,12-15H,10-11,17-19,34H2,1H3. The second-order valence-electron chi connectivity index (χ2n) is 8.93. The molecule has 0 radical (unpaired) electrons. The van der Waals surface area contributed by atoms with Gasteiger partial charge >= 0.3 is 0 Å². The molecule has 0 spiro atoms. The van der Waals surface area contributed by atoms with E-state index in [2.05, 4.69) is 19.1 Å². The van der Waals surface area contributed by atoms with E-state index in [4.69, 9.17) is 41.5 Å². The van der Waals surface area contributed by atoms with Crippen molar-refractivity contribution in [2.75, 3.05) is 13.2 Å². The number of ether oxygens (including phenoxy) is 4. The lowest BCUT2D eigenvalue weighted by atomic mass is 9.96. The summed E-state index contributed by atoms with van der Waals surface area (Å²) in [5, 5.41) is 9.61. The van der Waals surface area contributed by atoms with Gasteiger partial charge in [-0.1, -0.05) is 48.0 Å². The number of nitriles is 1. The zero-order valence-electron chi connectivity index (χ0n) is 21.0. The van der Waals surface area contributed by atoms with E-state index in [1.807, 2.05) is 42.5 Å². The van der Waals surface area contributed by atoms with Crippen molar-refractivity contribution < 1.29 is 18.9 Å². The third-order valence-electron chi connectivity index (χ3n) is 6.47. The van der Waals surface area contributed by atoms with Gasteiger partial charge in [-0.3, -0.25) is 0 Å². The molecule has 0 fully saturated rings. The van der Waals surface area contributed by atoms with Crippen molar-refractivity contribution >= 4 is 11.6 Å². The topological polar surface area (TPSA) is 86.7 Å². The fraction of sp³-hybridized carbons (Fsp3) is 0.194. The molecule has 1 heterocycles. The number of hydrogen-bond donors (Lipinski definition) is 1. The molecule has 6 nitrogen and oxygen atoms in total. The van der Waals surface area contributed by atoms with Crippen LogP contribution in [0.25, 0.3) is 11.1 Å². The first-order valence-electron chi connectivity index (χ1n) is 12.3. The lowest BCUT2D eigenvalue weighted by Crippen LogP contribution is -2.15. The first-order chi connectivity index (χ1) is 18.6. The zero-order chi connectivity index (χ0) is 26.5. The van der Waals surface area contributed by atoms with Crippen molar-refractivity contribution in [3.05, 3.63) is 106 Å². The molecular weight excluding hydrogens is 500 g/mol. The van der Waals surface area contributed by atoms with Crippen LogP contribution in [0.1, 0.15) is 27.8 Å². The van der Waals surface area contributed by atoms with E-state index in [0.29, 0.717) is 48.5 Å². The molecule has 0 amide bonds. The van der Waals surface area contributed by atoms with Crippen LogP contribution >= 0.6 is 11.6 Å². The van der Waals surface area contributed by atoms with Gasteiger partial charge in [-0.05, 0) is 65.1 Å². The van der Waals surface area contributed by atoms with Crippen LogP contribution in [0.2, 0.25) is 5.02 Å². The van der Waals surface area contributed by atoms with Gasteiger partial charge in [0, 0.05) is 18.2 Å². The van der Waals surface area contributed by atoms with Crippen LogP contribution in [0.4, 0.5) is 0 Å². The van der Waals surface area contributed by atoms with Crippen molar-refractivity contribution in [3.63, 3.8) is 0 Å². The van der Waals surface area contributed by atoms with Crippen LogP contribution in [0.3, 0.4) is 0 Å². The van der Waals surface area contributed by atoms with Gasteiger partial charge < -0.3 is 24.7 Å². The number of nitrogens with two attached hydrogens (primary N) is 1. The highest BCUT2D eigenvalue weighted by atomic mass is 35.5. The van der Waals surface area contributed by atoms with E-state index < -0.39 is 0 Å². The second-order valence-corrected chi connectivity index (χ2v) is 9.34. The van der Waals surface area contributed by atoms with Crippen molar-refractivity contribution in [3.8, 4) is 40.2 Å². The van der Waals surface area contributed by atoms with Gasteiger partial charge in [0.1, 0.15) is 37.9 Å². The number of hydrogen-bond acceptors (Lipinski definition) is 6. The Morgan fingerprint density at radius 1 is 0.868 bits per heavy atom. The molecule has 0 aromatic heterocycles. The fourth-order valence-corrected chi connectivity index (χ4v) is 4.63. The molecule has 4 aromatic carbocycles. The van der Waals surface area contributed by atoms with E-state index in [-0.39, 0.29) is 6.54 Å². The Hall–Kier alpha value is -4.18. The van der Waals surface area contributed by atoms with E-state index in [1.54, 1.807) is 24.3 Å². The van der Waals surface area contributed by atoms with E-state index in [9.17, 15) is 0 Å². The molecule has 7 heteroatoms. The van der Waals surface area contributed by atoms with Gasteiger partial charge in [-0.2, -0.15) is 5.26 Å². The Balaban J connectivity index is 1.34. The average molecular weight is 527 g/mol. The summed E-state index contributed by atoms with van der Waals surface area (Å²) in [7, 11) is 0. The van der Waals surface area contributed by atoms with E-state index in [1.165, 1.54) is 0 Å². The molecule has 1 aliphatic rings. The molecular formula is C31H27ClN2O4. The van der Waals surface area contributed by atoms with Gasteiger partial charge in [0.15, 0.2) is 11.5 Å². The van der Waals surface area contributed by atoms with Gasteiger partial charge in [0.2, 0.25) is 0 Å². The summed E-state index contributed by atoms with van der Waals surface area (Å²) in [6, 6.07) is 25.1. The highest BCUT2D eigenvalue weighted by Gasteiger charge is 2.15. The lowest BCUT2D eigenvalue weighted by molar-refractivity contribution is 0.171. The minimum atomic E-state index is 0.268. The van der Waals surface area contributed by atoms with E-state index >= 15 is 0 Å². The summed E-state index contributed by atoms with van der Waals surface area (Å²) < 4.78 is 23.7. The normalized spacial score (nSPS) is 12.1. The Bertz CT molecular complexity index is 1510. The van der Waals surface area contributed by atoms with Gasteiger partial charge in [-0.15, -0.1) is 0 Å². The SMILES string of the molecule is Cc1c(COc2cc(OCc3cccc(C#N)c3)c(CN)cc2Cl)cccc1-c1ccc2c(c1)OCCO2. The van der Waals surface area contributed by atoms with Crippen LogP contribution in [-0.2, 0) is 19.8 Å². The fourth-order valence-electron chi connectivity index (χ4n) is 4.39. The Morgan fingerprint density at radius 3 is 2.47 bits per heavy atom. The molecule has 5 rings (SSSR count). The maximum absolute atomic E-state index is 9.15. The molecule has 4 aromatic rings. The molecule has 0 saturated carbocycles. The van der Waals surface area contributed by atoms with Crippen LogP contribution in [-0.4, -0.2) is 13.2 Å². The highest BCUT2D eigenvalue weighted by molar-refractivity contribution is 6.32. The monoisotopic (exact) mass is 526 g/mol. The predicted octanol–water partition coefficient (Wildman–Crippen LogP) is 6.58. The Morgan fingerprint density at radius 2 is 1.66 bits per heavy atom. The Kier molecular flexibility index (Phi) is 7.69. The van der Waals surface area contributed by atoms with Crippen molar-refractivity contribution in [2.24, 2.45) is 5.73 Å². The zero-order valence-corrected chi connectivity index (χ0v) is 21.8. The van der Waals surface area contributed by atoms with Gasteiger partial charge in [0.25, 0.3) is 0 Å². The third-order valence-corrected chi connectivity index (χ3v) is 6.76. The number of fused-ring (bicyclic) bond motifs is 1. The molecule has 0 atom stereocenters. The summed E-state index contributed by atoms with van der Waals surface area (Å²) in [5.41, 5.74) is 12.5. The molecule has 0 aliphatic carbocycles. The number of nitrogens with zero attached hydrogens (tertiary/aromatic N) is 1. The first-order valence-corrected chi connectivity index (χ1v) is 12.7. The molecule has 2 N–H and O–H groups in total. The third kappa shape index (κ3) is 5.55. The molecule has 0 saturated heterocycles. The lowest BCUT2D eigenvalue weighted by Gasteiger charge is -2.20. The number of halogens is 1. The van der Waals surface area contributed by atoms with Crippen molar-refractivity contribution in [1.29, 1.82) is 5.26 Å². The largest absolute Gasteiger partial charge is 0.488 e. The summed E-state index contributed by atoms with van der Waals surface area (Å²) in [5.74, 6) is 2.63. The maximum atomic E-state index is 9.15. The van der Waals surface area contributed by atoms with Crippen LogP contribution in [0, 0.1) is 18.3 Å². The van der Waals surface area contributed by atoms with Gasteiger partial charge in [0.05, 0.1) is 16.7 Å². The molecule has 1 aliphatic heterocycles. The van der Waals surface area contributed by atoms with Crippen LogP contribution < -0.4 is 24.7 Å². The smallest absolute Gasteiger partial charge is 0.161 e. The van der Waals surface area contributed by atoms with Crippen molar-refractivity contribution in [1.82, 2.24) is 0 Å². The predicted molar refractivity (Wildman–Crippen MR) is 147 cm³/mol. The second kappa shape index (κ2) is 11.5. The Labute approximate surface area is 227 Å². The van der Waals surface area contributed by atoms with E-state index in [0.717, 1.165) is 44.9 Å². The average Bonchev–Trinajstić information content (AvgIpc) is 2.96. The number of rotatable bonds is 8. The quantitative estimate of drug-likeness (QED) is 0.279. The summed E-state index contributed by atoms with van der Waals surface area (Å²) in [6.45, 7) is 4.08. The van der Waals surface area contributed by atoms with Crippen LogP contribution in [0.15, 0.2) is 72.8 Å². The summed E-state index contributed by atoms with van der Waals surface area (Å²) in [4.78, 5) is 0. The highest BCUT2D eigenvalue weighted by Crippen LogP contribution is 2.37. The molecule has 0 unspecified atom stereocenters. The first kappa shape index (κ1) is 25.5. The maximum Gasteiger partial charge on any atom is 0.161 e. The van der Waals surface area contributed by atoms with Gasteiger partial charge in [-0.25, -0.2) is 0 Å². The molecule has 0 bridgehead atoms. The minimum Gasteiger partial charge on any atom is -0.488 e. The van der Waals surface area contributed by atoms with Crippen LogP contribution in [0.5, 0.6) is 23.0 Å². The molecule has 38 heavy (non-hydrogen) atoms. The molecule has 192 valence electrons.